The molecule has 300 valence electrons. The van der Waals surface area contributed by atoms with Gasteiger partial charge in [0.05, 0.1) is 0 Å². The summed E-state index contributed by atoms with van der Waals surface area (Å²) < 4.78 is 12.6. The van der Waals surface area contributed by atoms with E-state index in [2.05, 4.69) is 150 Å². The van der Waals surface area contributed by atoms with Crippen LogP contribution in [0.15, 0.2) is 78.9 Å². The van der Waals surface area contributed by atoms with Crippen LogP contribution < -0.4 is 10.6 Å². The smallest absolute Gasteiger partial charge is 0.411 e. The molecule has 2 aliphatic rings. The molecule has 2 fully saturated rings. The summed E-state index contributed by atoms with van der Waals surface area (Å²) in [5, 5.41) is 5.98. The largest absolute Gasteiger partial charge is 0.446 e. The molecule has 0 radical (unpaired) electrons. The predicted molar refractivity (Wildman–Crippen MR) is 225 cm³/mol. The monoisotopic (exact) mass is 753 g/mol. The van der Waals surface area contributed by atoms with Gasteiger partial charge in [-0.1, -0.05) is 108 Å². The Morgan fingerprint density at radius 1 is 0.636 bits per heavy atom. The topological polar surface area (TPSA) is 83.1 Å². The number of rotatable bonds is 12. The lowest BCUT2D eigenvalue weighted by Gasteiger charge is -2.60. The molecule has 2 aliphatic heterocycles. The van der Waals surface area contributed by atoms with Crippen molar-refractivity contribution in [3.63, 3.8) is 0 Å². The highest BCUT2D eigenvalue weighted by Gasteiger charge is 2.55. The second-order valence-corrected chi connectivity index (χ2v) is 17.4. The Morgan fingerprint density at radius 2 is 1.05 bits per heavy atom. The normalized spacial score (nSPS) is 31.4. The van der Waals surface area contributed by atoms with Crippen molar-refractivity contribution < 1.29 is 19.1 Å². The molecular formula is C47H68N4O4. The van der Waals surface area contributed by atoms with E-state index in [9.17, 15) is 9.59 Å². The molecule has 3 aromatic rings. The summed E-state index contributed by atoms with van der Waals surface area (Å²) in [4.78, 5) is 32.5. The van der Waals surface area contributed by atoms with Crippen LogP contribution in [-0.2, 0) is 22.6 Å². The molecule has 0 saturated carbocycles. The number of anilines is 2. The minimum atomic E-state index is -0.489. The first-order valence-corrected chi connectivity index (χ1v) is 20.7. The highest BCUT2D eigenvalue weighted by Crippen LogP contribution is 2.49. The van der Waals surface area contributed by atoms with Crippen LogP contribution in [0.25, 0.3) is 0 Å². The Bertz CT molecular complexity index is 1750. The fraction of sp³-hybridized carbons (Fsp3) is 0.574. The van der Waals surface area contributed by atoms with Gasteiger partial charge in [-0.05, 0) is 89.1 Å². The quantitative estimate of drug-likeness (QED) is 0.192. The van der Waals surface area contributed by atoms with Gasteiger partial charge in [0.15, 0.2) is 0 Å². The van der Waals surface area contributed by atoms with Crippen molar-refractivity contribution >= 4 is 23.6 Å². The van der Waals surface area contributed by atoms with Crippen LogP contribution in [0.5, 0.6) is 0 Å². The molecule has 5 rings (SSSR count). The molecule has 0 aromatic heterocycles. The summed E-state index contributed by atoms with van der Waals surface area (Å²) in [7, 11) is 0. The van der Waals surface area contributed by atoms with Crippen molar-refractivity contribution in [3.8, 4) is 0 Å². The summed E-state index contributed by atoms with van der Waals surface area (Å²) in [5.41, 5.74) is 3.93. The van der Waals surface area contributed by atoms with E-state index in [1.165, 1.54) is 11.1 Å². The van der Waals surface area contributed by atoms with E-state index in [4.69, 9.17) is 9.47 Å². The van der Waals surface area contributed by atoms with Gasteiger partial charge in [-0.15, -0.1) is 0 Å². The number of likely N-dealkylation sites (tertiary alicyclic amines) is 2. The van der Waals surface area contributed by atoms with Gasteiger partial charge >= 0.3 is 12.2 Å². The SMILES string of the molecule is CCC1(C)CC(OC(=O)Nc2ccc(C)c(NC(=O)OC3CC(C)(CC)N(Cc4ccccc4)C(C)(CC)C3C)c2)C(C)C(C)(CC)N1Cc1ccccc1. The summed E-state index contributed by atoms with van der Waals surface area (Å²) >= 11 is 0. The Morgan fingerprint density at radius 3 is 1.45 bits per heavy atom. The number of amides is 2. The molecule has 55 heavy (non-hydrogen) atoms. The molecule has 8 unspecified atom stereocenters. The van der Waals surface area contributed by atoms with Crippen LogP contribution in [0.1, 0.15) is 124 Å². The summed E-state index contributed by atoms with van der Waals surface area (Å²) in [6.07, 6.45) is 3.73. The van der Waals surface area contributed by atoms with Gasteiger partial charge in [-0.2, -0.15) is 0 Å². The first kappa shape index (κ1) is 42.3. The number of aryl methyl sites for hydroxylation is 1. The van der Waals surface area contributed by atoms with Crippen molar-refractivity contribution in [2.75, 3.05) is 10.6 Å². The molecule has 2 amide bonds. The molecule has 0 aliphatic carbocycles. The molecular weight excluding hydrogens is 685 g/mol. The van der Waals surface area contributed by atoms with Gasteiger partial charge in [-0.25, -0.2) is 9.59 Å². The number of ether oxygens (including phenoxy) is 2. The van der Waals surface area contributed by atoms with Gasteiger partial charge in [0.1, 0.15) is 12.2 Å². The second-order valence-electron chi connectivity index (χ2n) is 17.4. The molecule has 0 spiro atoms. The lowest BCUT2D eigenvalue weighted by molar-refractivity contribution is -0.141. The van der Waals surface area contributed by atoms with Crippen molar-refractivity contribution in [3.05, 3.63) is 95.6 Å². The zero-order valence-corrected chi connectivity index (χ0v) is 35.5. The summed E-state index contributed by atoms with van der Waals surface area (Å²) in [6, 6.07) is 26.8. The van der Waals surface area contributed by atoms with E-state index in [1.807, 2.05) is 19.1 Å². The molecule has 2 N–H and O–H groups in total. The standard InChI is InChI=1S/C47H68N4O4/c1-12-44(8)29-40(34(6)46(10,14-3)50(44)31-36-22-18-16-19-23-36)54-42(52)48-38-27-26-33(5)39(28-38)49-43(53)55-41-30-45(9,13-2)51(47(11,15-4)35(41)7)32-37-24-20-17-21-25-37/h16-28,34-35,40-41H,12-15,29-32H2,1-11H3,(H,48,52)(H,49,53). The summed E-state index contributed by atoms with van der Waals surface area (Å²) in [6.45, 7) is 26.3. The zero-order chi connectivity index (χ0) is 40.2. The molecule has 2 saturated heterocycles. The Hall–Kier alpha value is -3.88. The van der Waals surface area contributed by atoms with E-state index >= 15 is 0 Å². The third-order valence-electron chi connectivity index (χ3n) is 14.5. The third kappa shape index (κ3) is 8.76. The van der Waals surface area contributed by atoms with E-state index in [0.717, 1.165) is 57.2 Å². The van der Waals surface area contributed by atoms with Gasteiger partial charge in [-0.3, -0.25) is 20.4 Å². The van der Waals surface area contributed by atoms with E-state index in [-0.39, 0.29) is 46.2 Å². The van der Waals surface area contributed by atoms with Crippen molar-refractivity contribution in [2.45, 2.75) is 162 Å². The lowest BCUT2D eigenvalue weighted by atomic mass is 9.67. The maximum atomic E-state index is 13.6. The van der Waals surface area contributed by atoms with E-state index < -0.39 is 12.2 Å². The molecule has 8 nitrogen and oxygen atoms in total. The molecule has 3 aromatic carbocycles. The van der Waals surface area contributed by atoms with E-state index in [1.54, 1.807) is 6.07 Å². The number of nitrogens with one attached hydrogen (secondary N) is 2. The molecule has 8 heteroatoms. The zero-order valence-electron chi connectivity index (χ0n) is 35.5. The number of carbonyl (C=O) groups excluding carboxylic acids is 2. The minimum absolute atomic E-state index is 0.104. The second kappa shape index (κ2) is 17.1. The van der Waals surface area contributed by atoms with Crippen molar-refractivity contribution in [1.29, 1.82) is 0 Å². The maximum Gasteiger partial charge on any atom is 0.411 e. The number of hydrogen-bond acceptors (Lipinski definition) is 6. The van der Waals surface area contributed by atoms with E-state index in [0.29, 0.717) is 11.4 Å². The molecule has 2 heterocycles. The number of nitrogens with zero attached hydrogens (tertiary/aromatic N) is 2. The predicted octanol–water partition coefficient (Wildman–Crippen LogP) is 11.6. The number of carbonyl (C=O) groups is 2. The average Bonchev–Trinajstić information content (AvgIpc) is 3.18. The van der Waals surface area contributed by atoms with Crippen LogP contribution in [0, 0.1) is 18.8 Å². The number of hydrogen-bond donors (Lipinski definition) is 2. The van der Waals surface area contributed by atoms with Crippen molar-refractivity contribution in [1.82, 2.24) is 9.80 Å². The molecule has 8 atom stereocenters. The van der Waals surface area contributed by atoms with Crippen LogP contribution >= 0.6 is 0 Å². The first-order chi connectivity index (χ1) is 26.1. The van der Waals surface area contributed by atoms with Crippen LogP contribution in [0.3, 0.4) is 0 Å². The highest BCUT2D eigenvalue weighted by molar-refractivity contribution is 5.89. The van der Waals surface area contributed by atoms with Gasteiger partial charge in [0, 0.05) is 71.3 Å². The maximum absolute atomic E-state index is 13.6. The van der Waals surface area contributed by atoms with Gasteiger partial charge < -0.3 is 9.47 Å². The Labute approximate surface area is 331 Å². The van der Waals surface area contributed by atoms with Crippen LogP contribution in [0.2, 0.25) is 0 Å². The Kier molecular flexibility index (Phi) is 13.1. The summed E-state index contributed by atoms with van der Waals surface area (Å²) in [5.74, 6) is 0.209. The highest BCUT2D eigenvalue weighted by atomic mass is 16.6. The fourth-order valence-electron chi connectivity index (χ4n) is 9.62. The average molecular weight is 753 g/mol. The lowest BCUT2D eigenvalue weighted by Crippen LogP contribution is -2.67. The third-order valence-corrected chi connectivity index (χ3v) is 14.5. The van der Waals surface area contributed by atoms with Crippen LogP contribution in [0.4, 0.5) is 21.0 Å². The number of piperidine rings is 2. The first-order valence-electron chi connectivity index (χ1n) is 20.7. The Balaban J connectivity index is 1.26. The molecule has 0 bridgehead atoms. The fourth-order valence-corrected chi connectivity index (χ4v) is 9.62. The van der Waals surface area contributed by atoms with Gasteiger partial charge in [0.2, 0.25) is 0 Å². The van der Waals surface area contributed by atoms with Gasteiger partial charge in [0.25, 0.3) is 0 Å². The van der Waals surface area contributed by atoms with Crippen molar-refractivity contribution in [2.24, 2.45) is 11.8 Å². The van der Waals surface area contributed by atoms with Crippen LogP contribution in [-0.4, -0.2) is 56.3 Å². The number of benzene rings is 3. The minimum Gasteiger partial charge on any atom is -0.446 e.